The number of carbonyl (C=O) groups excluding carboxylic acids is 2. The van der Waals surface area contributed by atoms with Crippen molar-refractivity contribution in [2.24, 2.45) is 0 Å². The largest absolute Gasteiger partial charge is 0.466 e. The molecule has 0 aliphatic heterocycles. The quantitative estimate of drug-likeness (QED) is 0.256. The second-order valence-electron chi connectivity index (χ2n) is 6.41. The Kier molecular flexibility index (Phi) is 17.5. The zero-order valence-corrected chi connectivity index (χ0v) is 15.9. The van der Waals surface area contributed by atoms with Crippen LogP contribution in [0.1, 0.15) is 104 Å². The number of hydrogen-bond acceptors (Lipinski definition) is 4. The average molecular weight is 343 g/mol. The minimum atomic E-state index is -0.0920. The van der Waals surface area contributed by atoms with Crippen LogP contribution in [0.2, 0.25) is 0 Å². The minimum absolute atomic E-state index is 0.0501. The van der Waals surface area contributed by atoms with E-state index in [1.54, 1.807) is 0 Å². The molecule has 0 spiro atoms. The van der Waals surface area contributed by atoms with Gasteiger partial charge in [-0.2, -0.15) is 0 Å². The minimum Gasteiger partial charge on any atom is -0.466 e. The van der Waals surface area contributed by atoms with E-state index in [0.29, 0.717) is 26.1 Å². The van der Waals surface area contributed by atoms with Gasteiger partial charge in [0.25, 0.3) is 0 Å². The number of carbonyl (C=O) groups is 2. The van der Waals surface area contributed by atoms with Gasteiger partial charge in [0, 0.05) is 12.8 Å². The monoisotopic (exact) mass is 342 g/mol. The molecule has 0 aliphatic rings. The van der Waals surface area contributed by atoms with Gasteiger partial charge in [0.1, 0.15) is 0 Å². The zero-order valence-electron chi connectivity index (χ0n) is 15.9. The lowest BCUT2D eigenvalue weighted by atomic mass is 10.1. The molecule has 0 bridgehead atoms. The number of hydrogen-bond donors (Lipinski definition) is 0. The Morgan fingerprint density at radius 2 is 1.04 bits per heavy atom. The summed E-state index contributed by atoms with van der Waals surface area (Å²) in [6, 6.07) is 0. The SMILES string of the molecule is CCCCCCCCOC(=O)CCCCCCCCC(=O)OCC. The number of unbranched alkanes of at least 4 members (excludes halogenated alkanes) is 10. The molecule has 0 aromatic carbocycles. The molecule has 0 atom stereocenters. The predicted octanol–water partition coefficient (Wildman–Crippen LogP) is 5.57. The van der Waals surface area contributed by atoms with Crippen molar-refractivity contribution < 1.29 is 19.1 Å². The first-order valence-electron chi connectivity index (χ1n) is 10.0. The van der Waals surface area contributed by atoms with Crippen molar-refractivity contribution in [2.75, 3.05) is 13.2 Å². The summed E-state index contributed by atoms with van der Waals surface area (Å²) < 4.78 is 10.1. The van der Waals surface area contributed by atoms with Crippen LogP contribution in [-0.4, -0.2) is 25.2 Å². The first-order chi connectivity index (χ1) is 11.7. The molecule has 0 saturated carbocycles. The Morgan fingerprint density at radius 3 is 1.58 bits per heavy atom. The molecule has 0 aliphatic carbocycles. The summed E-state index contributed by atoms with van der Waals surface area (Å²) in [4.78, 5) is 22.7. The predicted molar refractivity (Wildman–Crippen MR) is 97.9 cm³/mol. The molecule has 0 heterocycles. The Balaban J connectivity index is 3.22. The first kappa shape index (κ1) is 22.9. The first-order valence-corrected chi connectivity index (χ1v) is 10.0. The van der Waals surface area contributed by atoms with Crippen LogP contribution in [-0.2, 0) is 19.1 Å². The van der Waals surface area contributed by atoms with E-state index in [9.17, 15) is 9.59 Å². The molecule has 0 fully saturated rings. The summed E-state index contributed by atoms with van der Waals surface area (Å²) in [5.41, 5.74) is 0. The fourth-order valence-electron chi connectivity index (χ4n) is 2.62. The van der Waals surface area contributed by atoms with E-state index < -0.39 is 0 Å². The van der Waals surface area contributed by atoms with E-state index in [1.807, 2.05) is 6.92 Å². The Labute approximate surface area is 148 Å². The van der Waals surface area contributed by atoms with Crippen molar-refractivity contribution in [2.45, 2.75) is 104 Å². The van der Waals surface area contributed by atoms with Gasteiger partial charge in [-0.05, 0) is 26.2 Å². The van der Waals surface area contributed by atoms with Crippen molar-refractivity contribution in [3.05, 3.63) is 0 Å². The molecule has 0 saturated heterocycles. The highest BCUT2D eigenvalue weighted by atomic mass is 16.5. The summed E-state index contributed by atoms with van der Waals surface area (Å²) in [6.07, 6.45) is 14.5. The molecule has 0 aromatic heterocycles. The average Bonchev–Trinajstić information content (AvgIpc) is 2.56. The highest BCUT2D eigenvalue weighted by Gasteiger charge is 2.03. The highest BCUT2D eigenvalue weighted by molar-refractivity contribution is 5.69. The van der Waals surface area contributed by atoms with Gasteiger partial charge in [-0.3, -0.25) is 9.59 Å². The van der Waals surface area contributed by atoms with Crippen LogP contribution < -0.4 is 0 Å². The second kappa shape index (κ2) is 18.3. The van der Waals surface area contributed by atoms with E-state index in [0.717, 1.165) is 44.9 Å². The number of rotatable bonds is 17. The smallest absolute Gasteiger partial charge is 0.305 e. The Bertz CT molecular complexity index is 302. The lowest BCUT2D eigenvalue weighted by molar-refractivity contribution is -0.144. The van der Waals surface area contributed by atoms with Gasteiger partial charge < -0.3 is 9.47 Å². The highest BCUT2D eigenvalue weighted by Crippen LogP contribution is 2.10. The van der Waals surface area contributed by atoms with Crippen molar-refractivity contribution in [1.82, 2.24) is 0 Å². The third-order valence-corrected chi connectivity index (χ3v) is 4.08. The van der Waals surface area contributed by atoms with Crippen molar-refractivity contribution >= 4 is 11.9 Å². The maximum Gasteiger partial charge on any atom is 0.305 e. The topological polar surface area (TPSA) is 52.6 Å². The summed E-state index contributed by atoms with van der Waals surface area (Å²) in [5.74, 6) is -0.142. The molecule has 0 rings (SSSR count). The van der Waals surface area contributed by atoms with Crippen LogP contribution in [0.15, 0.2) is 0 Å². The summed E-state index contributed by atoms with van der Waals surface area (Å²) in [6.45, 7) is 5.09. The van der Waals surface area contributed by atoms with Crippen LogP contribution >= 0.6 is 0 Å². The fourth-order valence-corrected chi connectivity index (χ4v) is 2.62. The molecule has 4 nitrogen and oxygen atoms in total. The third kappa shape index (κ3) is 17.3. The molecule has 0 aromatic rings. The summed E-state index contributed by atoms with van der Waals surface area (Å²) in [7, 11) is 0. The third-order valence-electron chi connectivity index (χ3n) is 4.08. The Hall–Kier alpha value is -1.06. The van der Waals surface area contributed by atoms with Crippen LogP contribution in [0.4, 0.5) is 0 Å². The second-order valence-corrected chi connectivity index (χ2v) is 6.41. The van der Waals surface area contributed by atoms with Crippen molar-refractivity contribution in [3.63, 3.8) is 0 Å². The van der Waals surface area contributed by atoms with E-state index in [2.05, 4.69) is 6.92 Å². The van der Waals surface area contributed by atoms with Crippen LogP contribution in [0.3, 0.4) is 0 Å². The van der Waals surface area contributed by atoms with Crippen LogP contribution in [0.5, 0.6) is 0 Å². The molecule has 0 unspecified atom stereocenters. The van der Waals surface area contributed by atoms with E-state index >= 15 is 0 Å². The van der Waals surface area contributed by atoms with Gasteiger partial charge in [0.05, 0.1) is 13.2 Å². The van der Waals surface area contributed by atoms with Gasteiger partial charge in [0.2, 0.25) is 0 Å². The lowest BCUT2D eigenvalue weighted by Gasteiger charge is -2.05. The lowest BCUT2D eigenvalue weighted by Crippen LogP contribution is -2.05. The van der Waals surface area contributed by atoms with E-state index in [-0.39, 0.29) is 11.9 Å². The zero-order chi connectivity index (χ0) is 17.9. The van der Waals surface area contributed by atoms with Crippen molar-refractivity contribution in [1.29, 1.82) is 0 Å². The maximum absolute atomic E-state index is 11.6. The number of ether oxygens (including phenoxy) is 2. The van der Waals surface area contributed by atoms with E-state index in [4.69, 9.17) is 9.47 Å². The molecule has 142 valence electrons. The normalized spacial score (nSPS) is 10.6. The molecule has 4 heteroatoms. The summed E-state index contributed by atoms with van der Waals surface area (Å²) >= 11 is 0. The fraction of sp³-hybridized carbons (Fsp3) is 0.900. The van der Waals surface area contributed by atoms with Gasteiger partial charge in [-0.15, -0.1) is 0 Å². The van der Waals surface area contributed by atoms with Crippen molar-refractivity contribution in [3.8, 4) is 0 Å². The standard InChI is InChI=1S/C20H38O4/c1-3-5-6-7-12-15-18-24-20(22)17-14-11-9-8-10-13-16-19(21)23-4-2/h3-18H2,1-2H3. The maximum atomic E-state index is 11.6. The van der Waals surface area contributed by atoms with Gasteiger partial charge in [-0.25, -0.2) is 0 Å². The van der Waals surface area contributed by atoms with Gasteiger partial charge in [0.15, 0.2) is 0 Å². The van der Waals surface area contributed by atoms with Crippen LogP contribution in [0, 0.1) is 0 Å². The number of esters is 2. The van der Waals surface area contributed by atoms with E-state index in [1.165, 1.54) is 32.1 Å². The van der Waals surface area contributed by atoms with Gasteiger partial charge >= 0.3 is 11.9 Å². The van der Waals surface area contributed by atoms with Crippen LogP contribution in [0.25, 0.3) is 0 Å². The van der Waals surface area contributed by atoms with Gasteiger partial charge in [-0.1, -0.05) is 64.7 Å². The molecule has 0 radical (unpaired) electrons. The molecular formula is C20H38O4. The molecule has 24 heavy (non-hydrogen) atoms. The Morgan fingerprint density at radius 1 is 0.583 bits per heavy atom. The molecule has 0 N–H and O–H groups in total. The molecule has 0 amide bonds. The summed E-state index contributed by atoms with van der Waals surface area (Å²) in [5, 5.41) is 0. The molecular weight excluding hydrogens is 304 g/mol.